The van der Waals surface area contributed by atoms with Crippen LogP contribution in [0, 0.1) is 0 Å². The van der Waals surface area contributed by atoms with Crippen molar-refractivity contribution in [1.29, 1.82) is 0 Å². The standard InChI is InChI=1S/C14H22N2O3/c1-3-12(17)10-8-14(19-2)11(9-13(10)18)16-6-4-15-5-7-16/h8-9,12,15,17-18H,3-7H2,1-2H3. The largest absolute Gasteiger partial charge is 0.507 e. The van der Waals surface area contributed by atoms with Gasteiger partial charge in [-0.2, -0.15) is 0 Å². The zero-order valence-electron chi connectivity index (χ0n) is 11.5. The molecule has 1 saturated heterocycles. The van der Waals surface area contributed by atoms with Crippen molar-refractivity contribution in [2.45, 2.75) is 19.4 Å². The molecule has 1 aliphatic rings. The van der Waals surface area contributed by atoms with Gasteiger partial charge >= 0.3 is 0 Å². The Morgan fingerprint density at radius 1 is 1.37 bits per heavy atom. The fraction of sp³-hybridized carbons (Fsp3) is 0.571. The number of phenols is 1. The molecular weight excluding hydrogens is 244 g/mol. The third kappa shape index (κ3) is 2.93. The van der Waals surface area contributed by atoms with Gasteiger partial charge in [0, 0.05) is 37.8 Å². The highest BCUT2D eigenvalue weighted by molar-refractivity contribution is 5.64. The molecule has 1 heterocycles. The van der Waals surface area contributed by atoms with Gasteiger partial charge in [0.2, 0.25) is 0 Å². The number of hydrogen-bond acceptors (Lipinski definition) is 5. The van der Waals surface area contributed by atoms with Gasteiger partial charge in [0.15, 0.2) is 0 Å². The molecule has 0 radical (unpaired) electrons. The van der Waals surface area contributed by atoms with Crippen molar-refractivity contribution < 1.29 is 14.9 Å². The summed E-state index contributed by atoms with van der Waals surface area (Å²) in [6.45, 7) is 5.48. The summed E-state index contributed by atoms with van der Waals surface area (Å²) in [6.07, 6.45) is -0.102. The van der Waals surface area contributed by atoms with Crippen LogP contribution in [0.5, 0.6) is 11.5 Å². The van der Waals surface area contributed by atoms with Gasteiger partial charge in [0.05, 0.1) is 18.9 Å². The molecule has 106 valence electrons. The van der Waals surface area contributed by atoms with Crippen LogP contribution in [-0.4, -0.2) is 43.5 Å². The normalized spacial score (nSPS) is 17.3. The van der Waals surface area contributed by atoms with Crippen LogP contribution in [0.1, 0.15) is 25.0 Å². The molecule has 2 rings (SSSR count). The number of phenolic OH excluding ortho intramolecular Hbond substituents is 1. The average molecular weight is 266 g/mol. The number of methoxy groups -OCH3 is 1. The van der Waals surface area contributed by atoms with Gasteiger partial charge in [0.1, 0.15) is 11.5 Å². The van der Waals surface area contributed by atoms with Gasteiger partial charge in [-0.25, -0.2) is 0 Å². The Bertz CT molecular complexity index is 431. The van der Waals surface area contributed by atoms with Crippen LogP contribution in [-0.2, 0) is 0 Å². The first-order valence-corrected chi connectivity index (χ1v) is 6.72. The summed E-state index contributed by atoms with van der Waals surface area (Å²) < 4.78 is 5.40. The molecule has 19 heavy (non-hydrogen) atoms. The van der Waals surface area contributed by atoms with E-state index in [0.29, 0.717) is 17.7 Å². The highest BCUT2D eigenvalue weighted by Crippen LogP contribution is 2.38. The molecule has 0 spiro atoms. The first-order chi connectivity index (χ1) is 9.17. The van der Waals surface area contributed by atoms with E-state index in [1.54, 1.807) is 19.2 Å². The number of piperazine rings is 1. The molecular formula is C14H22N2O3. The van der Waals surface area contributed by atoms with Crippen LogP contribution in [0.4, 0.5) is 5.69 Å². The lowest BCUT2D eigenvalue weighted by molar-refractivity contribution is 0.169. The molecule has 5 nitrogen and oxygen atoms in total. The monoisotopic (exact) mass is 266 g/mol. The van der Waals surface area contributed by atoms with E-state index in [1.165, 1.54) is 0 Å². The van der Waals surface area contributed by atoms with Crippen molar-refractivity contribution in [2.75, 3.05) is 38.2 Å². The smallest absolute Gasteiger partial charge is 0.142 e. The van der Waals surface area contributed by atoms with E-state index in [4.69, 9.17) is 4.74 Å². The van der Waals surface area contributed by atoms with Gasteiger partial charge in [-0.05, 0) is 12.5 Å². The van der Waals surface area contributed by atoms with E-state index in [1.807, 2.05) is 6.92 Å². The zero-order valence-corrected chi connectivity index (χ0v) is 11.5. The van der Waals surface area contributed by atoms with Crippen molar-refractivity contribution in [3.63, 3.8) is 0 Å². The predicted molar refractivity (Wildman–Crippen MR) is 75.0 cm³/mol. The Balaban J connectivity index is 2.35. The van der Waals surface area contributed by atoms with E-state index in [-0.39, 0.29) is 5.75 Å². The van der Waals surface area contributed by atoms with Crippen LogP contribution < -0.4 is 15.0 Å². The van der Waals surface area contributed by atoms with Crippen molar-refractivity contribution in [2.24, 2.45) is 0 Å². The second-order valence-electron chi connectivity index (χ2n) is 4.74. The molecule has 1 aromatic rings. The number of aromatic hydroxyl groups is 1. The summed E-state index contributed by atoms with van der Waals surface area (Å²) in [6, 6.07) is 3.43. The molecule has 0 aliphatic carbocycles. The van der Waals surface area contributed by atoms with Crippen LogP contribution in [0.15, 0.2) is 12.1 Å². The summed E-state index contributed by atoms with van der Waals surface area (Å²) in [4.78, 5) is 2.18. The number of aliphatic hydroxyl groups is 1. The third-order valence-electron chi connectivity index (χ3n) is 3.53. The molecule has 1 aromatic carbocycles. The van der Waals surface area contributed by atoms with E-state index in [9.17, 15) is 10.2 Å². The maximum atomic E-state index is 10.1. The summed E-state index contributed by atoms with van der Waals surface area (Å²) in [5.74, 6) is 0.825. The Kier molecular flexibility index (Phi) is 4.50. The summed E-state index contributed by atoms with van der Waals surface area (Å²) in [5.41, 5.74) is 1.41. The van der Waals surface area contributed by atoms with E-state index >= 15 is 0 Å². The second-order valence-corrected chi connectivity index (χ2v) is 4.74. The van der Waals surface area contributed by atoms with Crippen LogP contribution in [0.3, 0.4) is 0 Å². The minimum Gasteiger partial charge on any atom is -0.507 e. The minimum atomic E-state index is -0.661. The summed E-state index contributed by atoms with van der Waals surface area (Å²) >= 11 is 0. The fourth-order valence-electron chi connectivity index (χ4n) is 2.38. The van der Waals surface area contributed by atoms with E-state index < -0.39 is 6.10 Å². The molecule has 3 N–H and O–H groups in total. The van der Waals surface area contributed by atoms with Crippen molar-refractivity contribution in [3.05, 3.63) is 17.7 Å². The van der Waals surface area contributed by atoms with Crippen molar-refractivity contribution in [3.8, 4) is 11.5 Å². The summed E-state index contributed by atoms with van der Waals surface area (Å²) in [7, 11) is 1.61. The Labute approximate surface area is 113 Å². The lowest BCUT2D eigenvalue weighted by Crippen LogP contribution is -2.43. The Hall–Kier alpha value is -1.46. The number of rotatable bonds is 4. The van der Waals surface area contributed by atoms with Gasteiger partial charge in [-0.15, -0.1) is 0 Å². The Morgan fingerprint density at radius 2 is 2.05 bits per heavy atom. The number of benzene rings is 1. The first-order valence-electron chi connectivity index (χ1n) is 6.72. The number of nitrogens with one attached hydrogen (secondary N) is 1. The fourth-order valence-corrected chi connectivity index (χ4v) is 2.38. The number of aliphatic hydroxyl groups excluding tert-OH is 1. The van der Waals surface area contributed by atoms with E-state index in [0.717, 1.165) is 31.9 Å². The highest BCUT2D eigenvalue weighted by Gasteiger charge is 2.20. The molecule has 0 amide bonds. The number of nitrogens with zero attached hydrogens (tertiary/aromatic N) is 1. The molecule has 1 atom stereocenters. The third-order valence-corrected chi connectivity index (χ3v) is 3.53. The van der Waals surface area contributed by atoms with Crippen LogP contribution in [0.25, 0.3) is 0 Å². The Morgan fingerprint density at radius 3 is 2.63 bits per heavy atom. The molecule has 1 unspecified atom stereocenters. The highest BCUT2D eigenvalue weighted by atomic mass is 16.5. The number of hydrogen-bond donors (Lipinski definition) is 3. The van der Waals surface area contributed by atoms with Gasteiger partial charge in [-0.1, -0.05) is 6.92 Å². The minimum absolute atomic E-state index is 0.128. The molecule has 5 heteroatoms. The van der Waals surface area contributed by atoms with Gasteiger partial charge in [0.25, 0.3) is 0 Å². The molecule has 0 bridgehead atoms. The number of anilines is 1. The average Bonchev–Trinajstić information content (AvgIpc) is 2.47. The SMILES string of the molecule is CCC(O)c1cc(OC)c(N2CCNCC2)cc1O. The maximum absolute atomic E-state index is 10.1. The first kappa shape index (κ1) is 14.0. The van der Waals surface area contributed by atoms with Crippen LogP contribution in [0.2, 0.25) is 0 Å². The molecule has 0 saturated carbocycles. The molecule has 0 aromatic heterocycles. The predicted octanol–water partition coefficient (Wildman–Crippen LogP) is 1.25. The van der Waals surface area contributed by atoms with Gasteiger partial charge in [-0.3, -0.25) is 0 Å². The lowest BCUT2D eigenvalue weighted by atomic mass is 10.0. The molecule has 1 aliphatic heterocycles. The van der Waals surface area contributed by atoms with Crippen LogP contribution >= 0.6 is 0 Å². The second kappa shape index (κ2) is 6.12. The van der Waals surface area contributed by atoms with Gasteiger partial charge < -0.3 is 25.2 Å². The topological polar surface area (TPSA) is 65.0 Å². The zero-order chi connectivity index (χ0) is 13.8. The van der Waals surface area contributed by atoms with Crippen molar-refractivity contribution >= 4 is 5.69 Å². The maximum Gasteiger partial charge on any atom is 0.142 e. The van der Waals surface area contributed by atoms with Crippen molar-refractivity contribution in [1.82, 2.24) is 5.32 Å². The lowest BCUT2D eigenvalue weighted by Gasteiger charge is -2.31. The number of ether oxygens (including phenoxy) is 1. The van der Waals surface area contributed by atoms with E-state index in [2.05, 4.69) is 10.2 Å². The quantitative estimate of drug-likeness (QED) is 0.765. The molecule has 1 fully saturated rings. The summed E-state index contributed by atoms with van der Waals surface area (Å²) in [5, 5.41) is 23.3.